The van der Waals surface area contributed by atoms with E-state index in [0.717, 1.165) is 5.57 Å². The van der Waals surface area contributed by atoms with Gasteiger partial charge in [-0.3, -0.25) is 4.79 Å². The van der Waals surface area contributed by atoms with Gasteiger partial charge in [0.25, 0.3) is 0 Å². The predicted molar refractivity (Wildman–Crippen MR) is 44.8 cm³/mol. The van der Waals surface area contributed by atoms with Crippen LogP contribution in [-0.2, 0) is 4.79 Å². The molecule has 3 N–H and O–H groups in total. The second-order valence-corrected chi connectivity index (χ2v) is 2.68. The van der Waals surface area contributed by atoms with Crippen molar-refractivity contribution in [2.24, 2.45) is 0 Å². The summed E-state index contributed by atoms with van der Waals surface area (Å²) in [7, 11) is 0. The molecular weight excluding hydrogens is 156 g/mol. The predicted octanol–water partition coefficient (Wildman–Crippen LogP) is -0.168. The van der Waals surface area contributed by atoms with E-state index in [1.54, 1.807) is 12.3 Å². The van der Waals surface area contributed by atoms with Crippen LogP contribution >= 0.6 is 0 Å². The zero-order chi connectivity index (χ0) is 9.14. The Labute approximate surface area is 71.0 Å². The molecule has 4 nitrogen and oxygen atoms in total. The SMILES string of the molecule is CC(=O)NC1=C(C)C=CNC1O. The molecule has 0 saturated carbocycles. The number of aliphatic hydroxyl groups is 1. The van der Waals surface area contributed by atoms with Gasteiger partial charge in [-0.15, -0.1) is 0 Å². The fourth-order valence-electron chi connectivity index (χ4n) is 1.01. The van der Waals surface area contributed by atoms with Crippen LogP contribution in [0.5, 0.6) is 0 Å². The average Bonchev–Trinajstić information content (AvgIpc) is 1.97. The molecule has 66 valence electrons. The van der Waals surface area contributed by atoms with Crippen molar-refractivity contribution >= 4 is 5.91 Å². The van der Waals surface area contributed by atoms with E-state index in [0.29, 0.717) is 5.70 Å². The quantitative estimate of drug-likeness (QED) is 0.509. The molecule has 0 aliphatic carbocycles. The van der Waals surface area contributed by atoms with Crippen LogP contribution in [0.3, 0.4) is 0 Å². The summed E-state index contributed by atoms with van der Waals surface area (Å²) in [6.07, 6.45) is 2.63. The van der Waals surface area contributed by atoms with Gasteiger partial charge in [-0.05, 0) is 24.8 Å². The van der Waals surface area contributed by atoms with Gasteiger partial charge < -0.3 is 15.7 Å². The van der Waals surface area contributed by atoms with Gasteiger partial charge >= 0.3 is 0 Å². The minimum Gasteiger partial charge on any atom is -0.368 e. The van der Waals surface area contributed by atoms with Gasteiger partial charge in [0.05, 0.1) is 5.70 Å². The molecular formula is C8H12N2O2. The summed E-state index contributed by atoms with van der Waals surface area (Å²) in [6, 6.07) is 0. The van der Waals surface area contributed by atoms with Gasteiger partial charge in [0.15, 0.2) is 6.23 Å². The molecule has 0 saturated heterocycles. The van der Waals surface area contributed by atoms with Gasteiger partial charge in [0, 0.05) is 6.92 Å². The third-order valence-corrected chi connectivity index (χ3v) is 1.60. The molecule has 1 unspecified atom stereocenters. The molecule has 1 aliphatic rings. The van der Waals surface area contributed by atoms with E-state index in [4.69, 9.17) is 0 Å². The standard InChI is InChI=1S/C8H12N2O2/c1-5-3-4-9-8(12)7(5)10-6(2)11/h3-4,8-9,12H,1-2H3,(H,10,11). The van der Waals surface area contributed by atoms with Crippen molar-refractivity contribution in [2.45, 2.75) is 20.1 Å². The lowest BCUT2D eigenvalue weighted by atomic mass is 10.1. The lowest BCUT2D eigenvalue weighted by Gasteiger charge is -2.20. The molecule has 1 heterocycles. The average molecular weight is 168 g/mol. The maximum atomic E-state index is 10.7. The van der Waals surface area contributed by atoms with Crippen molar-refractivity contribution < 1.29 is 9.90 Å². The minimum atomic E-state index is -0.807. The van der Waals surface area contributed by atoms with E-state index in [9.17, 15) is 9.90 Å². The van der Waals surface area contributed by atoms with Gasteiger partial charge in [0.2, 0.25) is 5.91 Å². The normalized spacial score (nSPS) is 22.1. The Morgan fingerprint density at radius 3 is 2.92 bits per heavy atom. The molecule has 4 heteroatoms. The molecule has 0 radical (unpaired) electrons. The highest BCUT2D eigenvalue weighted by Crippen LogP contribution is 2.09. The van der Waals surface area contributed by atoms with Crippen molar-refractivity contribution in [1.82, 2.24) is 10.6 Å². The third-order valence-electron chi connectivity index (χ3n) is 1.60. The lowest BCUT2D eigenvalue weighted by molar-refractivity contribution is -0.118. The van der Waals surface area contributed by atoms with Crippen LogP contribution in [0, 0.1) is 0 Å². The summed E-state index contributed by atoms with van der Waals surface area (Å²) < 4.78 is 0. The highest BCUT2D eigenvalue weighted by atomic mass is 16.3. The molecule has 0 aromatic rings. The molecule has 0 aromatic carbocycles. The number of nitrogens with one attached hydrogen (secondary N) is 2. The van der Waals surface area contributed by atoms with Gasteiger partial charge in [-0.2, -0.15) is 0 Å². The summed E-state index contributed by atoms with van der Waals surface area (Å²) >= 11 is 0. The number of hydrogen-bond acceptors (Lipinski definition) is 3. The summed E-state index contributed by atoms with van der Waals surface area (Å²) in [5.74, 6) is -0.180. The van der Waals surface area contributed by atoms with Gasteiger partial charge in [0.1, 0.15) is 0 Å². The van der Waals surface area contributed by atoms with Crippen LogP contribution in [0.4, 0.5) is 0 Å². The number of carbonyl (C=O) groups excluding carboxylic acids is 1. The van der Waals surface area contributed by atoms with Gasteiger partial charge in [-0.1, -0.05) is 0 Å². The van der Waals surface area contributed by atoms with E-state index in [2.05, 4.69) is 10.6 Å². The molecule has 1 atom stereocenters. The summed E-state index contributed by atoms with van der Waals surface area (Å²) in [5.41, 5.74) is 1.38. The Kier molecular flexibility index (Phi) is 2.50. The number of aliphatic hydroxyl groups excluding tert-OH is 1. The molecule has 0 bridgehead atoms. The zero-order valence-corrected chi connectivity index (χ0v) is 7.09. The maximum absolute atomic E-state index is 10.7. The number of dihydropyridines is 1. The first kappa shape index (κ1) is 8.80. The van der Waals surface area contributed by atoms with Crippen LogP contribution in [0.25, 0.3) is 0 Å². The number of amides is 1. The molecule has 12 heavy (non-hydrogen) atoms. The van der Waals surface area contributed by atoms with Crippen LogP contribution in [0.1, 0.15) is 13.8 Å². The van der Waals surface area contributed by atoms with E-state index in [-0.39, 0.29) is 5.91 Å². The molecule has 1 rings (SSSR count). The molecule has 1 aliphatic heterocycles. The minimum absolute atomic E-state index is 0.180. The molecule has 0 fully saturated rings. The van der Waals surface area contributed by atoms with Crippen LogP contribution in [-0.4, -0.2) is 17.2 Å². The Morgan fingerprint density at radius 2 is 2.42 bits per heavy atom. The topological polar surface area (TPSA) is 61.4 Å². The van der Waals surface area contributed by atoms with Crippen LogP contribution in [0.15, 0.2) is 23.5 Å². The van der Waals surface area contributed by atoms with Crippen molar-refractivity contribution in [3.63, 3.8) is 0 Å². The Balaban J connectivity index is 2.81. The Hall–Kier alpha value is -1.29. The fraction of sp³-hybridized carbons (Fsp3) is 0.375. The van der Waals surface area contributed by atoms with Crippen molar-refractivity contribution in [3.8, 4) is 0 Å². The zero-order valence-electron chi connectivity index (χ0n) is 7.09. The maximum Gasteiger partial charge on any atom is 0.221 e. The highest BCUT2D eigenvalue weighted by Gasteiger charge is 2.15. The Morgan fingerprint density at radius 1 is 1.75 bits per heavy atom. The molecule has 0 aromatic heterocycles. The number of carbonyl (C=O) groups is 1. The van der Waals surface area contributed by atoms with Crippen molar-refractivity contribution in [2.75, 3.05) is 0 Å². The first-order valence-corrected chi connectivity index (χ1v) is 3.70. The smallest absolute Gasteiger partial charge is 0.221 e. The Bertz CT molecular complexity index is 256. The molecule has 0 spiro atoms. The monoisotopic (exact) mass is 168 g/mol. The highest BCUT2D eigenvalue weighted by molar-refractivity contribution is 5.75. The van der Waals surface area contributed by atoms with E-state index >= 15 is 0 Å². The molecule has 1 amide bonds. The van der Waals surface area contributed by atoms with Crippen molar-refractivity contribution in [1.29, 1.82) is 0 Å². The summed E-state index contributed by atoms with van der Waals surface area (Å²) in [6.45, 7) is 3.23. The van der Waals surface area contributed by atoms with E-state index in [1.807, 2.05) is 6.92 Å². The second-order valence-electron chi connectivity index (χ2n) is 2.68. The van der Waals surface area contributed by atoms with Gasteiger partial charge in [-0.25, -0.2) is 0 Å². The second kappa shape index (κ2) is 3.40. The largest absolute Gasteiger partial charge is 0.368 e. The van der Waals surface area contributed by atoms with E-state index < -0.39 is 6.23 Å². The van der Waals surface area contributed by atoms with Crippen LogP contribution in [0.2, 0.25) is 0 Å². The summed E-state index contributed by atoms with van der Waals surface area (Å²) in [4.78, 5) is 10.7. The number of rotatable bonds is 1. The van der Waals surface area contributed by atoms with E-state index in [1.165, 1.54) is 6.92 Å². The third kappa shape index (κ3) is 1.85. The fourth-order valence-corrected chi connectivity index (χ4v) is 1.01. The number of allylic oxidation sites excluding steroid dienone is 2. The van der Waals surface area contributed by atoms with Crippen LogP contribution < -0.4 is 10.6 Å². The summed E-state index contributed by atoms with van der Waals surface area (Å²) in [5, 5.41) is 14.6. The van der Waals surface area contributed by atoms with Crippen molar-refractivity contribution in [3.05, 3.63) is 23.5 Å². The number of hydrogen-bond donors (Lipinski definition) is 3. The first-order valence-electron chi connectivity index (χ1n) is 3.70. The first-order chi connectivity index (χ1) is 5.61. The lowest BCUT2D eigenvalue weighted by Crippen LogP contribution is -2.38.